The number of hydrogen-bond acceptors (Lipinski definition) is 10. The van der Waals surface area contributed by atoms with Crippen molar-refractivity contribution in [1.29, 1.82) is 0 Å². The van der Waals surface area contributed by atoms with E-state index in [0.717, 1.165) is 73.7 Å². The van der Waals surface area contributed by atoms with Gasteiger partial charge in [-0.15, -0.1) is 0 Å². The van der Waals surface area contributed by atoms with Crippen LogP contribution in [0.3, 0.4) is 0 Å². The van der Waals surface area contributed by atoms with Gasteiger partial charge in [0, 0.05) is 50.3 Å². The van der Waals surface area contributed by atoms with Crippen molar-refractivity contribution < 1.29 is 32.9 Å². The minimum atomic E-state index is -0.145. The molecule has 1 amide bonds. The molecule has 12 heteroatoms. The van der Waals surface area contributed by atoms with Crippen molar-refractivity contribution >= 4 is 22.9 Å². The molecule has 6 rings (SSSR count). The minimum absolute atomic E-state index is 0.0225. The molecule has 0 radical (unpaired) electrons. The highest BCUT2D eigenvalue weighted by Gasteiger charge is 2.26. The van der Waals surface area contributed by atoms with E-state index in [1.165, 1.54) is 0 Å². The van der Waals surface area contributed by atoms with Crippen LogP contribution in [-0.4, -0.2) is 107 Å². The molecule has 0 saturated carbocycles. The number of para-hydroxylation sites is 2. The summed E-state index contributed by atoms with van der Waals surface area (Å²) >= 11 is 0. The number of methoxy groups -OCH3 is 5. The van der Waals surface area contributed by atoms with E-state index < -0.39 is 0 Å². The van der Waals surface area contributed by atoms with Crippen LogP contribution in [0.1, 0.15) is 40.2 Å². The van der Waals surface area contributed by atoms with Gasteiger partial charge in [0.1, 0.15) is 0 Å². The maximum absolute atomic E-state index is 13.9. The van der Waals surface area contributed by atoms with Gasteiger partial charge in [-0.3, -0.25) is 4.79 Å². The van der Waals surface area contributed by atoms with E-state index in [4.69, 9.17) is 33.1 Å². The predicted octanol–water partition coefficient (Wildman–Crippen LogP) is 6.18. The molecule has 0 aliphatic carbocycles. The highest BCUT2D eigenvalue weighted by Crippen LogP contribution is 2.39. The Balaban J connectivity index is 1.19. The molecule has 0 N–H and O–H groups in total. The van der Waals surface area contributed by atoms with Crippen LogP contribution in [0.5, 0.6) is 28.7 Å². The quantitative estimate of drug-likeness (QED) is 0.125. The third kappa shape index (κ3) is 7.91. The lowest BCUT2D eigenvalue weighted by atomic mass is 9.94. The van der Waals surface area contributed by atoms with Crippen LogP contribution < -0.4 is 28.6 Å². The number of likely N-dealkylation sites (N-methyl/N-ethyl adjacent to an activating group) is 1. The average molecular weight is 712 g/mol. The van der Waals surface area contributed by atoms with E-state index in [1.807, 2.05) is 31.3 Å². The van der Waals surface area contributed by atoms with Gasteiger partial charge in [-0.25, -0.2) is 4.98 Å². The first-order valence-corrected chi connectivity index (χ1v) is 17.6. The largest absolute Gasteiger partial charge is 0.493 e. The summed E-state index contributed by atoms with van der Waals surface area (Å²) in [7, 11) is 9.74. The lowest BCUT2D eigenvalue weighted by molar-refractivity contribution is 0.0782. The second-order valence-electron chi connectivity index (χ2n) is 13.0. The van der Waals surface area contributed by atoms with E-state index in [1.54, 1.807) is 65.1 Å². The van der Waals surface area contributed by atoms with E-state index in [2.05, 4.69) is 38.6 Å². The van der Waals surface area contributed by atoms with E-state index in [9.17, 15) is 4.79 Å². The third-order valence-corrected chi connectivity index (χ3v) is 9.85. The van der Waals surface area contributed by atoms with Crippen molar-refractivity contribution in [3.63, 3.8) is 0 Å². The molecular weight excluding hydrogens is 662 g/mol. The van der Waals surface area contributed by atoms with Crippen molar-refractivity contribution in [1.82, 2.24) is 19.4 Å². The summed E-state index contributed by atoms with van der Waals surface area (Å²) in [6, 6.07) is 19.7. The van der Waals surface area contributed by atoms with Crippen LogP contribution in [0.4, 0.5) is 5.95 Å². The summed E-state index contributed by atoms with van der Waals surface area (Å²) in [5, 5.41) is 0. The van der Waals surface area contributed by atoms with Crippen LogP contribution in [0, 0.1) is 0 Å². The van der Waals surface area contributed by atoms with Crippen molar-refractivity contribution in [2.45, 2.75) is 25.3 Å². The Morgan fingerprint density at radius 1 is 0.846 bits per heavy atom. The molecule has 0 spiro atoms. The maximum Gasteiger partial charge on any atom is 0.253 e. The van der Waals surface area contributed by atoms with E-state index in [0.29, 0.717) is 47.4 Å². The highest BCUT2D eigenvalue weighted by atomic mass is 16.5. The second-order valence-corrected chi connectivity index (χ2v) is 13.0. The Hall–Kier alpha value is -5.36. The fourth-order valence-electron chi connectivity index (χ4n) is 7.07. The number of furan rings is 1. The van der Waals surface area contributed by atoms with Gasteiger partial charge in [0.15, 0.2) is 23.0 Å². The zero-order valence-corrected chi connectivity index (χ0v) is 31.0. The zero-order valence-electron chi connectivity index (χ0n) is 31.0. The second kappa shape index (κ2) is 16.8. The molecule has 0 bridgehead atoms. The number of fused-ring (bicyclic) bond motifs is 1. The van der Waals surface area contributed by atoms with Gasteiger partial charge in [-0.2, -0.15) is 0 Å². The summed E-state index contributed by atoms with van der Waals surface area (Å²) in [6.45, 7) is 5.69. The minimum Gasteiger partial charge on any atom is -0.493 e. The van der Waals surface area contributed by atoms with Gasteiger partial charge in [0.2, 0.25) is 11.7 Å². The van der Waals surface area contributed by atoms with Gasteiger partial charge < -0.3 is 47.4 Å². The van der Waals surface area contributed by atoms with Gasteiger partial charge in [0.05, 0.1) is 65.7 Å². The molecule has 1 atom stereocenters. The van der Waals surface area contributed by atoms with Crippen LogP contribution in [0.25, 0.3) is 11.0 Å². The van der Waals surface area contributed by atoms with Crippen molar-refractivity contribution in [2.24, 2.45) is 0 Å². The number of amides is 1. The predicted molar refractivity (Wildman–Crippen MR) is 201 cm³/mol. The Kier molecular flexibility index (Phi) is 11.8. The lowest BCUT2D eigenvalue weighted by Gasteiger charge is -2.28. The number of ether oxygens (including phenoxy) is 5. The topological polar surface area (TPSA) is 104 Å². The van der Waals surface area contributed by atoms with Crippen molar-refractivity contribution in [3.8, 4) is 28.7 Å². The molecule has 1 saturated heterocycles. The number of aromatic nitrogens is 2. The molecule has 52 heavy (non-hydrogen) atoms. The number of carbonyl (C=O) groups is 1. The number of carbonyl (C=O) groups excluding carboxylic acids is 1. The number of nitrogens with zero attached hydrogens (tertiary/aromatic N) is 5. The maximum atomic E-state index is 13.9. The normalized spacial score (nSPS) is 14.2. The molecular formula is C40H49N5O7. The molecule has 1 fully saturated rings. The summed E-state index contributed by atoms with van der Waals surface area (Å²) < 4.78 is 35.4. The zero-order chi connectivity index (χ0) is 36.6. The first kappa shape index (κ1) is 36.4. The molecule has 2 aromatic heterocycles. The number of imidazole rings is 1. The monoisotopic (exact) mass is 711 g/mol. The fourth-order valence-corrected chi connectivity index (χ4v) is 7.07. The fraction of sp³-hybridized carbons (Fsp3) is 0.400. The van der Waals surface area contributed by atoms with Crippen LogP contribution in [0.15, 0.2) is 77.6 Å². The molecule has 3 aromatic carbocycles. The molecule has 276 valence electrons. The molecule has 1 aliphatic rings. The van der Waals surface area contributed by atoms with E-state index in [-0.39, 0.29) is 11.8 Å². The first-order chi connectivity index (χ1) is 25.4. The molecule has 3 heterocycles. The van der Waals surface area contributed by atoms with Crippen LogP contribution in [0.2, 0.25) is 0 Å². The summed E-state index contributed by atoms with van der Waals surface area (Å²) in [5.74, 6) is 3.50. The highest BCUT2D eigenvalue weighted by molar-refractivity contribution is 5.95. The smallest absolute Gasteiger partial charge is 0.253 e. The Bertz CT molecular complexity index is 1920. The number of hydrogen-bond donors (Lipinski definition) is 0. The SMILES string of the molecule is COc1ccc(C(CCN2CCCN(c3nc4ccccc4n3Cc3ccoc3)CC2)CN(C)C(=O)c2cc(OC)c(OC)c(OC)c2)cc1OC. The first-order valence-electron chi connectivity index (χ1n) is 17.6. The molecule has 1 aliphatic heterocycles. The van der Waals surface area contributed by atoms with Gasteiger partial charge in [-0.1, -0.05) is 18.2 Å². The van der Waals surface area contributed by atoms with Crippen molar-refractivity contribution in [3.05, 3.63) is 89.9 Å². The Morgan fingerprint density at radius 3 is 2.29 bits per heavy atom. The molecule has 1 unspecified atom stereocenters. The number of anilines is 1. The summed E-state index contributed by atoms with van der Waals surface area (Å²) in [6.07, 6.45) is 5.36. The van der Waals surface area contributed by atoms with Crippen LogP contribution in [-0.2, 0) is 6.54 Å². The standard InChI is InChI=1S/C40H49N5O7/c1-42(39(46)31-23-36(49-4)38(51-6)37(24-31)50-5)26-30(29-12-13-34(47-2)35(22-29)48-3)14-18-43-16-9-17-44(20-19-43)40-41-32-10-7-8-11-33(32)45(40)25-28-15-21-52-27-28/h7-8,10-13,15,21-24,27,30H,9,14,16-20,25-26H2,1-6H3. The van der Waals surface area contributed by atoms with Crippen molar-refractivity contribution in [2.75, 3.05) is 86.8 Å². The third-order valence-electron chi connectivity index (χ3n) is 9.85. The average Bonchev–Trinajstić information content (AvgIpc) is 3.76. The van der Waals surface area contributed by atoms with Gasteiger partial charge >= 0.3 is 0 Å². The lowest BCUT2D eigenvalue weighted by Crippen LogP contribution is -2.35. The molecule has 5 aromatic rings. The number of benzene rings is 3. The summed E-state index contributed by atoms with van der Waals surface area (Å²) in [5.41, 5.74) is 4.74. The van der Waals surface area contributed by atoms with Gasteiger partial charge in [-0.05, 0) is 74.0 Å². The van der Waals surface area contributed by atoms with Gasteiger partial charge in [0.25, 0.3) is 5.91 Å². The van der Waals surface area contributed by atoms with E-state index >= 15 is 0 Å². The Labute approximate surface area is 305 Å². The summed E-state index contributed by atoms with van der Waals surface area (Å²) in [4.78, 5) is 25.7. The Morgan fingerprint density at radius 2 is 1.60 bits per heavy atom. The van der Waals surface area contributed by atoms with Crippen LogP contribution >= 0.6 is 0 Å². The molecule has 12 nitrogen and oxygen atoms in total. The number of rotatable bonds is 15.